The van der Waals surface area contributed by atoms with Crippen LogP contribution in [0.3, 0.4) is 0 Å². The Bertz CT molecular complexity index is 373. The molecule has 1 aliphatic heterocycles. The zero-order chi connectivity index (χ0) is 14.0. The number of nitrogens with two attached hydrogens (primary N) is 1. The quantitative estimate of drug-likeness (QED) is 0.909. The molecule has 2 rings (SSSR count). The van der Waals surface area contributed by atoms with E-state index in [0.29, 0.717) is 0 Å². The number of nitrogens with zero attached hydrogens (tertiary/aromatic N) is 2. The fraction of sp³-hybridized carbons (Fsp3) is 0.733. The smallest absolute Gasteiger partial charge is 0.122 e. The van der Waals surface area contributed by atoms with E-state index in [1.165, 1.54) is 0 Å². The van der Waals surface area contributed by atoms with Crippen LogP contribution in [-0.4, -0.2) is 47.6 Å². The Balaban J connectivity index is 2.03. The van der Waals surface area contributed by atoms with Crippen molar-refractivity contribution in [2.45, 2.75) is 45.3 Å². The van der Waals surface area contributed by atoms with Crippen LogP contribution in [-0.2, 0) is 0 Å². The van der Waals surface area contributed by atoms with E-state index in [2.05, 4.69) is 37.5 Å². The van der Waals surface area contributed by atoms with E-state index in [1.807, 2.05) is 12.1 Å². The minimum absolute atomic E-state index is 0.0762. The Hall–Kier alpha value is -0.840. The Morgan fingerprint density at radius 1 is 1.21 bits per heavy atom. The number of hydrogen-bond donors (Lipinski definition) is 1. The van der Waals surface area contributed by atoms with Gasteiger partial charge in [-0.05, 0) is 39.8 Å². The van der Waals surface area contributed by atoms with Crippen molar-refractivity contribution in [3.8, 4) is 0 Å². The van der Waals surface area contributed by atoms with Crippen molar-refractivity contribution in [1.29, 1.82) is 0 Å². The average Bonchev–Trinajstić information content (AvgIpc) is 2.82. The maximum absolute atomic E-state index is 6.16. The Kier molecular flexibility index (Phi) is 4.33. The van der Waals surface area contributed by atoms with Gasteiger partial charge in [-0.25, -0.2) is 0 Å². The third-order valence-corrected chi connectivity index (χ3v) is 3.99. The molecule has 0 bridgehead atoms. The summed E-state index contributed by atoms with van der Waals surface area (Å²) in [6, 6.07) is 4.24. The lowest BCUT2D eigenvalue weighted by molar-refractivity contribution is 0.0317. The van der Waals surface area contributed by atoms with Gasteiger partial charge in [-0.15, -0.1) is 0 Å². The van der Waals surface area contributed by atoms with Crippen LogP contribution in [0, 0.1) is 0 Å². The minimum Gasteiger partial charge on any atom is -0.468 e. The summed E-state index contributed by atoms with van der Waals surface area (Å²) >= 11 is 0. The molecule has 2 atom stereocenters. The minimum atomic E-state index is 0.0762. The molecular formula is C15H27N3O. The van der Waals surface area contributed by atoms with E-state index in [-0.39, 0.29) is 17.6 Å². The first-order valence-corrected chi connectivity index (χ1v) is 7.17. The molecule has 4 nitrogen and oxygen atoms in total. The summed E-state index contributed by atoms with van der Waals surface area (Å²) in [5.41, 5.74) is 6.41. The van der Waals surface area contributed by atoms with Crippen LogP contribution < -0.4 is 5.73 Å². The zero-order valence-electron chi connectivity index (χ0n) is 12.6. The van der Waals surface area contributed by atoms with Gasteiger partial charge in [0.25, 0.3) is 0 Å². The van der Waals surface area contributed by atoms with Crippen LogP contribution in [0.15, 0.2) is 22.8 Å². The second-order valence-electron chi connectivity index (χ2n) is 6.51. The van der Waals surface area contributed by atoms with E-state index < -0.39 is 0 Å². The van der Waals surface area contributed by atoms with Gasteiger partial charge in [-0.3, -0.25) is 9.80 Å². The van der Waals surface area contributed by atoms with Gasteiger partial charge >= 0.3 is 0 Å². The highest BCUT2D eigenvalue weighted by molar-refractivity contribution is 5.08. The van der Waals surface area contributed by atoms with Gasteiger partial charge in [-0.1, -0.05) is 0 Å². The molecule has 0 saturated carbocycles. The number of piperazine rings is 1. The van der Waals surface area contributed by atoms with Gasteiger partial charge in [-0.2, -0.15) is 0 Å². The van der Waals surface area contributed by atoms with Crippen LogP contribution in [0.5, 0.6) is 0 Å². The summed E-state index contributed by atoms with van der Waals surface area (Å²) in [5.74, 6) is 0.985. The fourth-order valence-corrected chi connectivity index (χ4v) is 2.90. The van der Waals surface area contributed by atoms with Gasteiger partial charge in [0.15, 0.2) is 0 Å². The molecule has 2 unspecified atom stereocenters. The van der Waals surface area contributed by atoms with E-state index >= 15 is 0 Å². The molecular weight excluding hydrogens is 238 g/mol. The van der Waals surface area contributed by atoms with Gasteiger partial charge < -0.3 is 10.2 Å². The highest BCUT2D eigenvalue weighted by Gasteiger charge is 2.32. The van der Waals surface area contributed by atoms with Crippen LogP contribution >= 0.6 is 0 Å². The Morgan fingerprint density at radius 3 is 2.26 bits per heavy atom. The molecule has 0 radical (unpaired) electrons. The standard InChI is InChI=1S/C15H27N3O/c1-12(16)14(13-6-5-11-19-13)17-7-9-18(10-8-17)15(2,3)4/h5-6,11-12,14H,7-10,16H2,1-4H3. The molecule has 1 aromatic rings. The molecule has 0 amide bonds. The van der Waals surface area contributed by atoms with Gasteiger partial charge in [0.05, 0.1) is 12.3 Å². The second-order valence-corrected chi connectivity index (χ2v) is 6.51. The summed E-state index contributed by atoms with van der Waals surface area (Å²) in [6.45, 7) is 13.2. The molecule has 2 N–H and O–H groups in total. The van der Waals surface area contributed by atoms with Crippen molar-refractivity contribution in [3.05, 3.63) is 24.2 Å². The summed E-state index contributed by atoms with van der Waals surface area (Å²) in [5, 5.41) is 0. The third-order valence-electron chi connectivity index (χ3n) is 3.99. The van der Waals surface area contributed by atoms with E-state index in [4.69, 9.17) is 10.2 Å². The molecule has 19 heavy (non-hydrogen) atoms. The summed E-state index contributed by atoms with van der Waals surface area (Å²) < 4.78 is 5.57. The summed E-state index contributed by atoms with van der Waals surface area (Å²) in [6.07, 6.45) is 1.73. The predicted molar refractivity (Wildman–Crippen MR) is 78.0 cm³/mol. The van der Waals surface area contributed by atoms with Crippen LogP contribution in [0.2, 0.25) is 0 Å². The number of furan rings is 1. The third kappa shape index (κ3) is 3.38. The lowest BCUT2D eigenvalue weighted by atomic mass is 10.0. The van der Waals surface area contributed by atoms with Crippen molar-refractivity contribution in [3.63, 3.8) is 0 Å². The maximum atomic E-state index is 6.16. The molecule has 108 valence electrons. The maximum Gasteiger partial charge on any atom is 0.122 e. The molecule has 0 spiro atoms. The topological polar surface area (TPSA) is 45.6 Å². The normalized spacial score (nSPS) is 22.4. The lowest BCUT2D eigenvalue weighted by Crippen LogP contribution is -2.55. The van der Waals surface area contributed by atoms with E-state index in [9.17, 15) is 0 Å². The van der Waals surface area contributed by atoms with Crippen LogP contribution in [0.4, 0.5) is 0 Å². The molecule has 1 fully saturated rings. The lowest BCUT2D eigenvalue weighted by Gasteiger charge is -2.45. The van der Waals surface area contributed by atoms with E-state index in [0.717, 1.165) is 31.9 Å². The highest BCUT2D eigenvalue weighted by atomic mass is 16.3. The number of hydrogen-bond acceptors (Lipinski definition) is 4. The monoisotopic (exact) mass is 265 g/mol. The van der Waals surface area contributed by atoms with Crippen molar-refractivity contribution < 1.29 is 4.42 Å². The average molecular weight is 265 g/mol. The molecule has 4 heteroatoms. The van der Waals surface area contributed by atoms with E-state index in [1.54, 1.807) is 6.26 Å². The molecule has 1 saturated heterocycles. The van der Waals surface area contributed by atoms with Crippen molar-refractivity contribution in [2.75, 3.05) is 26.2 Å². The Labute approximate surface area is 116 Å². The molecule has 0 aliphatic carbocycles. The Morgan fingerprint density at radius 2 is 1.84 bits per heavy atom. The van der Waals surface area contributed by atoms with Crippen LogP contribution in [0.25, 0.3) is 0 Å². The largest absolute Gasteiger partial charge is 0.468 e. The molecule has 1 aliphatic rings. The first kappa shape index (κ1) is 14.6. The van der Waals surface area contributed by atoms with Crippen LogP contribution in [0.1, 0.15) is 39.5 Å². The summed E-state index contributed by atoms with van der Waals surface area (Å²) in [4.78, 5) is 4.98. The first-order valence-electron chi connectivity index (χ1n) is 7.17. The van der Waals surface area contributed by atoms with Crippen molar-refractivity contribution >= 4 is 0 Å². The molecule has 2 heterocycles. The summed E-state index contributed by atoms with van der Waals surface area (Å²) in [7, 11) is 0. The van der Waals surface area contributed by atoms with Crippen molar-refractivity contribution in [1.82, 2.24) is 9.80 Å². The number of rotatable bonds is 3. The molecule has 1 aromatic heterocycles. The predicted octanol–water partition coefficient (Wildman–Crippen LogP) is 2.08. The molecule has 0 aromatic carbocycles. The van der Waals surface area contributed by atoms with Gasteiger partial charge in [0.2, 0.25) is 0 Å². The van der Waals surface area contributed by atoms with Crippen molar-refractivity contribution in [2.24, 2.45) is 5.73 Å². The highest BCUT2D eigenvalue weighted by Crippen LogP contribution is 2.26. The first-order chi connectivity index (χ1) is 8.89. The zero-order valence-corrected chi connectivity index (χ0v) is 12.6. The SMILES string of the molecule is CC(N)C(c1ccco1)N1CCN(C(C)(C)C)CC1. The van der Waals surface area contributed by atoms with Gasteiger partial charge in [0.1, 0.15) is 5.76 Å². The van der Waals surface area contributed by atoms with Gasteiger partial charge in [0, 0.05) is 37.8 Å². The second kappa shape index (κ2) is 5.65. The fourth-order valence-electron chi connectivity index (χ4n) is 2.90.